The molecule has 0 fully saturated rings. The van der Waals surface area contributed by atoms with Crippen molar-refractivity contribution >= 4 is 28.8 Å². The minimum atomic E-state index is -1.45. The van der Waals surface area contributed by atoms with Crippen LogP contribution in [0.25, 0.3) is 33.5 Å². The first kappa shape index (κ1) is 22.5. The molecule has 10 heteroatoms. The van der Waals surface area contributed by atoms with Crippen LogP contribution in [-0.2, 0) is 9.59 Å². The average Bonchev–Trinajstić information content (AvgIpc) is 3.21. The first-order chi connectivity index (χ1) is 16.2. The third-order valence-electron chi connectivity index (χ3n) is 5.42. The lowest BCUT2D eigenvalue weighted by Crippen LogP contribution is -2.16. The van der Waals surface area contributed by atoms with Gasteiger partial charge in [-0.15, -0.1) is 0 Å². The van der Waals surface area contributed by atoms with Crippen molar-refractivity contribution in [1.29, 1.82) is 5.41 Å². The molecule has 1 atom stereocenters. The van der Waals surface area contributed by atoms with Gasteiger partial charge >= 0.3 is 11.9 Å². The van der Waals surface area contributed by atoms with Crippen molar-refractivity contribution in [1.82, 2.24) is 9.97 Å². The summed E-state index contributed by atoms with van der Waals surface area (Å²) in [6, 6.07) is 13.1. The van der Waals surface area contributed by atoms with Crippen LogP contribution in [0.5, 0.6) is 5.75 Å². The number of hydrogen-bond acceptors (Lipinski definition) is 5. The Bertz CT molecular complexity index is 1460. The van der Waals surface area contributed by atoms with Crippen LogP contribution in [0.1, 0.15) is 23.5 Å². The number of aromatic nitrogens is 2. The number of aromatic amines is 1. The third-order valence-corrected chi connectivity index (χ3v) is 5.42. The number of carboxylic acids is 2. The standard InChI is InChI=1S/C24H19FN4O5/c25-17-4-2-1-3-13(17)15-7-12(14(24(33)34)10-20(30)31)8-16(21(15)32)23-28-18-6-5-11(22(26)27)9-19(18)29-23/h1-9,14,32H,10H2,(H3,26,27)(H,28,29)(H,30,31)(H,33,34). The molecular weight excluding hydrogens is 443 g/mol. The molecule has 0 saturated carbocycles. The summed E-state index contributed by atoms with van der Waals surface area (Å²) in [6.45, 7) is 0. The molecule has 172 valence electrons. The second kappa shape index (κ2) is 8.66. The number of phenols is 1. The van der Waals surface area contributed by atoms with Crippen molar-refractivity contribution in [3.63, 3.8) is 0 Å². The van der Waals surface area contributed by atoms with Gasteiger partial charge in [-0.25, -0.2) is 9.37 Å². The molecule has 4 rings (SSSR count). The minimum Gasteiger partial charge on any atom is -0.507 e. The number of imidazole rings is 1. The van der Waals surface area contributed by atoms with E-state index in [1.165, 1.54) is 30.3 Å². The van der Waals surface area contributed by atoms with Crippen molar-refractivity contribution in [2.24, 2.45) is 5.73 Å². The molecule has 0 aliphatic heterocycles. The monoisotopic (exact) mass is 462 g/mol. The van der Waals surface area contributed by atoms with Gasteiger partial charge in [0.05, 0.1) is 28.9 Å². The number of phenolic OH excluding ortho intramolecular Hbond substituents is 1. The van der Waals surface area contributed by atoms with E-state index < -0.39 is 30.1 Å². The highest BCUT2D eigenvalue weighted by Gasteiger charge is 2.27. The fourth-order valence-corrected chi connectivity index (χ4v) is 3.75. The number of carboxylic acid groups (broad SMARTS) is 2. The molecule has 0 radical (unpaired) electrons. The van der Waals surface area contributed by atoms with Crippen LogP contribution >= 0.6 is 0 Å². The number of rotatable bonds is 7. The summed E-state index contributed by atoms with van der Waals surface area (Å²) in [6.07, 6.45) is -0.710. The summed E-state index contributed by atoms with van der Waals surface area (Å²) in [7, 11) is 0. The summed E-state index contributed by atoms with van der Waals surface area (Å²) < 4.78 is 14.6. The minimum absolute atomic E-state index is 0.00730. The molecule has 9 nitrogen and oxygen atoms in total. The molecule has 1 aromatic heterocycles. The Balaban J connectivity index is 1.98. The molecule has 34 heavy (non-hydrogen) atoms. The Morgan fingerprint density at radius 1 is 1.06 bits per heavy atom. The van der Waals surface area contributed by atoms with Gasteiger partial charge in [0, 0.05) is 16.7 Å². The SMILES string of the molecule is N=C(N)c1ccc2nc(-c3cc(C(CC(=O)O)C(=O)O)cc(-c4ccccc4F)c3O)[nH]c2c1. The van der Waals surface area contributed by atoms with Crippen LogP contribution in [0.4, 0.5) is 4.39 Å². The first-order valence-electron chi connectivity index (χ1n) is 10.1. The molecule has 0 aliphatic carbocycles. The largest absolute Gasteiger partial charge is 0.507 e. The maximum absolute atomic E-state index is 14.6. The van der Waals surface area contributed by atoms with Gasteiger partial charge in [0.1, 0.15) is 23.2 Å². The third kappa shape index (κ3) is 4.16. The number of fused-ring (bicyclic) bond motifs is 1. The predicted molar refractivity (Wildman–Crippen MR) is 122 cm³/mol. The summed E-state index contributed by atoms with van der Waals surface area (Å²) in [4.78, 5) is 30.6. The van der Waals surface area contributed by atoms with Crippen molar-refractivity contribution in [3.8, 4) is 28.3 Å². The Hall–Kier alpha value is -4.73. The van der Waals surface area contributed by atoms with Crippen molar-refractivity contribution in [2.45, 2.75) is 12.3 Å². The van der Waals surface area contributed by atoms with E-state index in [2.05, 4.69) is 9.97 Å². The lowest BCUT2D eigenvalue weighted by Gasteiger charge is -2.16. The fraction of sp³-hybridized carbons (Fsp3) is 0.0833. The number of nitrogens with two attached hydrogens (primary N) is 1. The molecule has 3 aromatic carbocycles. The van der Waals surface area contributed by atoms with E-state index in [4.69, 9.17) is 11.1 Å². The van der Waals surface area contributed by atoms with Gasteiger partial charge in [-0.3, -0.25) is 15.0 Å². The smallest absolute Gasteiger partial charge is 0.311 e. The van der Waals surface area contributed by atoms with Gasteiger partial charge in [0.25, 0.3) is 0 Å². The summed E-state index contributed by atoms with van der Waals surface area (Å²) in [5.41, 5.74) is 7.09. The summed E-state index contributed by atoms with van der Waals surface area (Å²) in [5.74, 6) is -5.17. The zero-order chi connectivity index (χ0) is 24.6. The maximum Gasteiger partial charge on any atom is 0.311 e. The quantitative estimate of drug-likeness (QED) is 0.179. The molecule has 1 heterocycles. The van der Waals surface area contributed by atoms with Crippen LogP contribution in [-0.4, -0.2) is 43.1 Å². The molecular formula is C24H19FN4O5. The Morgan fingerprint density at radius 2 is 1.76 bits per heavy atom. The zero-order valence-electron chi connectivity index (χ0n) is 17.5. The van der Waals surface area contributed by atoms with E-state index in [0.717, 1.165) is 0 Å². The van der Waals surface area contributed by atoms with Gasteiger partial charge in [0.2, 0.25) is 0 Å². The van der Waals surface area contributed by atoms with Gasteiger partial charge in [-0.2, -0.15) is 0 Å². The molecule has 0 aliphatic rings. The summed E-state index contributed by atoms with van der Waals surface area (Å²) >= 11 is 0. The molecule has 1 unspecified atom stereocenters. The average molecular weight is 462 g/mol. The number of carbonyl (C=O) groups is 2. The first-order valence-corrected chi connectivity index (χ1v) is 10.1. The van der Waals surface area contributed by atoms with E-state index in [0.29, 0.717) is 16.6 Å². The van der Waals surface area contributed by atoms with E-state index in [1.807, 2.05) is 0 Å². The maximum atomic E-state index is 14.6. The van der Waals surface area contributed by atoms with Crippen molar-refractivity contribution in [2.75, 3.05) is 0 Å². The van der Waals surface area contributed by atoms with Gasteiger partial charge in [-0.05, 0) is 42.0 Å². The second-order valence-electron chi connectivity index (χ2n) is 7.66. The van der Waals surface area contributed by atoms with E-state index in [9.17, 15) is 29.3 Å². The number of aliphatic carboxylic acids is 2. The van der Waals surface area contributed by atoms with Crippen molar-refractivity contribution < 1.29 is 29.3 Å². The topological polar surface area (TPSA) is 173 Å². The normalized spacial score (nSPS) is 11.9. The van der Waals surface area contributed by atoms with Gasteiger partial charge in [0.15, 0.2) is 0 Å². The highest BCUT2D eigenvalue weighted by atomic mass is 19.1. The van der Waals surface area contributed by atoms with Crippen LogP contribution in [0.15, 0.2) is 54.6 Å². The molecule has 4 aromatic rings. The highest BCUT2D eigenvalue weighted by molar-refractivity contribution is 5.98. The molecule has 0 amide bonds. The Labute approximate surface area is 191 Å². The molecule has 7 N–H and O–H groups in total. The van der Waals surface area contributed by atoms with E-state index in [-0.39, 0.29) is 39.7 Å². The second-order valence-corrected chi connectivity index (χ2v) is 7.66. The number of nitrogen functional groups attached to an aromatic ring is 1. The van der Waals surface area contributed by atoms with Crippen LogP contribution in [0.3, 0.4) is 0 Å². The van der Waals surface area contributed by atoms with Crippen LogP contribution < -0.4 is 5.73 Å². The number of halogens is 1. The van der Waals surface area contributed by atoms with Crippen LogP contribution in [0, 0.1) is 11.2 Å². The molecule has 0 spiro atoms. The number of H-pyrrole nitrogens is 1. The predicted octanol–water partition coefficient (Wildman–Crippen LogP) is 3.67. The van der Waals surface area contributed by atoms with Crippen LogP contribution in [0.2, 0.25) is 0 Å². The van der Waals surface area contributed by atoms with Crippen molar-refractivity contribution in [3.05, 3.63) is 71.5 Å². The number of nitrogens with one attached hydrogen (secondary N) is 2. The Morgan fingerprint density at radius 3 is 2.41 bits per heavy atom. The zero-order valence-corrected chi connectivity index (χ0v) is 17.5. The highest BCUT2D eigenvalue weighted by Crippen LogP contribution is 2.41. The number of nitrogens with zero attached hydrogens (tertiary/aromatic N) is 1. The fourth-order valence-electron chi connectivity index (χ4n) is 3.75. The number of aromatic hydroxyl groups is 1. The number of amidine groups is 1. The summed E-state index contributed by atoms with van der Waals surface area (Å²) in [5, 5.41) is 37.5. The molecule has 0 bridgehead atoms. The lowest BCUT2D eigenvalue weighted by molar-refractivity contribution is -0.145. The van der Waals surface area contributed by atoms with E-state index in [1.54, 1.807) is 24.3 Å². The van der Waals surface area contributed by atoms with Gasteiger partial charge < -0.3 is 26.0 Å². The molecule has 0 saturated heterocycles. The Kier molecular flexibility index (Phi) is 5.72. The van der Waals surface area contributed by atoms with Gasteiger partial charge in [-0.1, -0.05) is 18.2 Å². The number of hydrogen-bond donors (Lipinski definition) is 6. The van der Waals surface area contributed by atoms with E-state index >= 15 is 0 Å². The lowest BCUT2D eigenvalue weighted by atomic mass is 9.89. The number of benzene rings is 3.